The van der Waals surface area contributed by atoms with Gasteiger partial charge >= 0.3 is 0 Å². The van der Waals surface area contributed by atoms with E-state index in [9.17, 15) is 8.42 Å². The van der Waals surface area contributed by atoms with Crippen molar-refractivity contribution in [3.63, 3.8) is 0 Å². The van der Waals surface area contributed by atoms with Gasteiger partial charge in [-0.25, -0.2) is 13.4 Å². The zero-order valence-electron chi connectivity index (χ0n) is 15.1. The molecule has 9 heteroatoms. The van der Waals surface area contributed by atoms with Gasteiger partial charge in [-0.2, -0.15) is 4.31 Å². The van der Waals surface area contributed by atoms with Crippen LogP contribution in [0, 0.1) is 6.92 Å². The summed E-state index contributed by atoms with van der Waals surface area (Å²) in [6, 6.07) is 12.4. The third kappa shape index (κ3) is 2.71. The molecular weight excluding hydrogens is 378 g/mol. The lowest BCUT2D eigenvalue weighted by Gasteiger charge is -2.36. The fourth-order valence-electron chi connectivity index (χ4n) is 3.38. The molecule has 0 radical (unpaired) electrons. The number of fused-ring (bicyclic) bond motifs is 1. The van der Waals surface area contributed by atoms with Crippen molar-refractivity contribution in [3.8, 4) is 11.3 Å². The lowest BCUT2D eigenvalue weighted by atomic mass is 10.0. The number of sulfonamides is 1. The number of oxazole rings is 1. The van der Waals surface area contributed by atoms with Crippen LogP contribution in [0.3, 0.4) is 0 Å². The summed E-state index contributed by atoms with van der Waals surface area (Å²) in [6.45, 7) is 2.55. The van der Waals surface area contributed by atoms with Gasteiger partial charge in [-0.15, -0.1) is 10.2 Å². The molecule has 0 atom stereocenters. The van der Waals surface area contributed by atoms with E-state index in [-0.39, 0.29) is 10.8 Å². The summed E-state index contributed by atoms with van der Waals surface area (Å²) in [6.07, 6.45) is 3.45. The zero-order chi connectivity index (χ0) is 19.3. The van der Waals surface area contributed by atoms with Crippen LogP contribution in [0.2, 0.25) is 0 Å². The normalized spacial score (nSPS) is 15.8. The summed E-state index contributed by atoms with van der Waals surface area (Å²) in [7, 11) is -3.54. The van der Waals surface area contributed by atoms with Crippen molar-refractivity contribution in [2.75, 3.05) is 13.1 Å². The minimum absolute atomic E-state index is 0.0320. The van der Waals surface area contributed by atoms with E-state index >= 15 is 0 Å². The van der Waals surface area contributed by atoms with Crippen LogP contribution in [0.1, 0.15) is 17.6 Å². The van der Waals surface area contributed by atoms with E-state index in [0.29, 0.717) is 24.7 Å². The summed E-state index contributed by atoms with van der Waals surface area (Å²) in [5, 5.41) is 8.37. The average molecular weight is 395 g/mol. The Morgan fingerprint density at radius 1 is 1.07 bits per heavy atom. The highest BCUT2D eigenvalue weighted by molar-refractivity contribution is 7.89. The summed E-state index contributed by atoms with van der Waals surface area (Å²) < 4.78 is 34.4. The number of benzene rings is 1. The van der Waals surface area contributed by atoms with E-state index in [1.54, 1.807) is 37.5 Å². The quantitative estimate of drug-likeness (QED) is 0.527. The highest BCUT2D eigenvalue weighted by Crippen LogP contribution is 2.32. The van der Waals surface area contributed by atoms with E-state index in [0.717, 1.165) is 17.0 Å². The van der Waals surface area contributed by atoms with E-state index in [2.05, 4.69) is 15.2 Å². The Morgan fingerprint density at radius 2 is 1.86 bits per heavy atom. The first-order valence-electron chi connectivity index (χ1n) is 8.85. The molecule has 0 bridgehead atoms. The molecule has 0 saturated carbocycles. The van der Waals surface area contributed by atoms with Crippen LogP contribution in [-0.4, -0.2) is 45.4 Å². The van der Waals surface area contributed by atoms with Crippen molar-refractivity contribution in [2.24, 2.45) is 0 Å². The molecule has 1 fully saturated rings. The maximum absolute atomic E-state index is 12.9. The summed E-state index contributed by atoms with van der Waals surface area (Å²) >= 11 is 0. The smallest absolute Gasteiger partial charge is 0.243 e. The second kappa shape index (κ2) is 6.25. The van der Waals surface area contributed by atoms with Crippen molar-refractivity contribution in [2.45, 2.75) is 17.7 Å². The molecule has 1 saturated heterocycles. The first kappa shape index (κ1) is 17.1. The summed E-state index contributed by atoms with van der Waals surface area (Å²) in [5.74, 6) is 1.39. The molecule has 1 aliphatic heterocycles. The molecule has 5 rings (SSSR count). The molecule has 1 aliphatic rings. The van der Waals surface area contributed by atoms with E-state index in [4.69, 9.17) is 4.42 Å². The second-order valence-electron chi connectivity index (χ2n) is 6.78. The van der Waals surface area contributed by atoms with Crippen LogP contribution in [-0.2, 0) is 10.0 Å². The number of rotatable bonds is 4. The van der Waals surface area contributed by atoms with Crippen molar-refractivity contribution in [1.82, 2.24) is 23.9 Å². The van der Waals surface area contributed by atoms with Crippen LogP contribution in [0.4, 0.5) is 0 Å². The van der Waals surface area contributed by atoms with E-state index in [1.165, 1.54) is 4.31 Å². The predicted molar refractivity (Wildman–Crippen MR) is 101 cm³/mol. The van der Waals surface area contributed by atoms with Gasteiger partial charge in [-0.1, -0.05) is 18.2 Å². The minimum atomic E-state index is -3.54. The SMILES string of the molecule is Cc1nc(-c2ccc(S(=O)(=O)N3CC(c4nnc5ccccn45)C3)cc2)co1. The number of aromatic nitrogens is 4. The molecule has 0 amide bonds. The summed E-state index contributed by atoms with van der Waals surface area (Å²) in [4.78, 5) is 4.52. The van der Waals surface area contributed by atoms with Gasteiger partial charge in [-0.3, -0.25) is 4.40 Å². The zero-order valence-corrected chi connectivity index (χ0v) is 15.9. The van der Waals surface area contributed by atoms with Crippen molar-refractivity contribution < 1.29 is 12.8 Å². The molecule has 8 nitrogen and oxygen atoms in total. The number of nitrogens with zero attached hydrogens (tertiary/aromatic N) is 5. The Morgan fingerprint density at radius 3 is 2.57 bits per heavy atom. The van der Waals surface area contributed by atoms with Crippen LogP contribution in [0.15, 0.2) is 64.2 Å². The van der Waals surface area contributed by atoms with Crippen molar-refractivity contribution in [3.05, 3.63) is 66.6 Å². The van der Waals surface area contributed by atoms with Crippen LogP contribution < -0.4 is 0 Å². The Hall–Kier alpha value is -3.04. The van der Waals surface area contributed by atoms with Crippen molar-refractivity contribution in [1.29, 1.82) is 0 Å². The Bertz CT molecular complexity index is 1250. The molecule has 0 N–H and O–H groups in total. The Kier molecular flexibility index (Phi) is 3.81. The number of hydrogen-bond acceptors (Lipinski definition) is 6. The maximum Gasteiger partial charge on any atom is 0.243 e. The van der Waals surface area contributed by atoms with Crippen molar-refractivity contribution >= 4 is 15.7 Å². The third-order valence-electron chi connectivity index (χ3n) is 4.96. The van der Waals surface area contributed by atoms with Gasteiger partial charge in [-0.05, 0) is 24.3 Å². The molecule has 1 aromatic carbocycles. The lowest BCUT2D eigenvalue weighted by molar-refractivity contribution is 0.255. The predicted octanol–water partition coefficient (Wildman–Crippen LogP) is 2.48. The lowest BCUT2D eigenvalue weighted by Crippen LogP contribution is -2.48. The van der Waals surface area contributed by atoms with Gasteiger partial charge in [0.1, 0.15) is 17.8 Å². The third-order valence-corrected chi connectivity index (χ3v) is 6.81. The van der Waals surface area contributed by atoms with Crippen LogP contribution >= 0.6 is 0 Å². The first-order chi connectivity index (χ1) is 13.5. The number of hydrogen-bond donors (Lipinski definition) is 0. The molecule has 0 unspecified atom stereocenters. The molecule has 0 aliphatic carbocycles. The topological polar surface area (TPSA) is 93.6 Å². The molecule has 28 heavy (non-hydrogen) atoms. The van der Waals surface area contributed by atoms with E-state index < -0.39 is 10.0 Å². The standard InChI is InChI=1S/C19H17N5O3S/c1-13-20-17(12-27-13)14-5-7-16(8-6-14)28(25,26)23-10-15(11-23)19-22-21-18-4-2-3-9-24(18)19/h2-9,12,15H,10-11H2,1H3. The molecule has 0 spiro atoms. The minimum Gasteiger partial charge on any atom is -0.449 e. The largest absolute Gasteiger partial charge is 0.449 e. The Balaban J connectivity index is 1.34. The second-order valence-corrected chi connectivity index (χ2v) is 8.72. The van der Waals surface area contributed by atoms with E-state index in [1.807, 2.05) is 28.8 Å². The van der Waals surface area contributed by atoms with Gasteiger partial charge in [0, 0.05) is 37.7 Å². The molecular formula is C19H17N5O3S. The van der Waals surface area contributed by atoms with Gasteiger partial charge in [0.05, 0.1) is 4.90 Å². The fraction of sp³-hybridized carbons (Fsp3) is 0.211. The van der Waals surface area contributed by atoms with Gasteiger partial charge in [0.25, 0.3) is 0 Å². The van der Waals surface area contributed by atoms with Crippen LogP contribution in [0.5, 0.6) is 0 Å². The van der Waals surface area contributed by atoms with Gasteiger partial charge < -0.3 is 4.42 Å². The maximum atomic E-state index is 12.9. The number of pyridine rings is 1. The fourth-order valence-corrected chi connectivity index (χ4v) is 4.91. The van der Waals surface area contributed by atoms with Crippen LogP contribution in [0.25, 0.3) is 16.9 Å². The molecule has 4 heterocycles. The summed E-state index contributed by atoms with van der Waals surface area (Å²) in [5.41, 5.74) is 2.26. The average Bonchev–Trinajstić information content (AvgIpc) is 3.27. The van der Waals surface area contributed by atoms with Gasteiger partial charge in [0.15, 0.2) is 11.5 Å². The van der Waals surface area contributed by atoms with Gasteiger partial charge in [0.2, 0.25) is 10.0 Å². The highest BCUT2D eigenvalue weighted by Gasteiger charge is 2.39. The molecule has 4 aromatic rings. The first-order valence-corrected chi connectivity index (χ1v) is 10.3. The molecule has 142 valence electrons. The monoisotopic (exact) mass is 395 g/mol. The molecule has 3 aromatic heterocycles. The highest BCUT2D eigenvalue weighted by atomic mass is 32.2. The Labute approximate surface area is 161 Å². The number of aryl methyl sites for hydroxylation is 1.